The third-order valence-electron chi connectivity index (χ3n) is 3.90. The zero-order chi connectivity index (χ0) is 12.4. The molecule has 17 heavy (non-hydrogen) atoms. The fourth-order valence-corrected chi connectivity index (χ4v) is 2.83. The number of rotatable bonds is 5. The van der Waals surface area contributed by atoms with E-state index < -0.39 is 0 Å². The SMILES string of the molecule is CCn1nc(C)c(Br)c1CNC(C)C1CCC1. The van der Waals surface area contributed by atoms with Crippen LogP contribution in [0.15, 0.2) is 4.47 Å². The van der Waals surface area contributed by atoms with E-state index in [-0.39, 0.29) is 0 Å². The molecule has 3 nitrogen and oxygen atoms in total. The highest BCUT2D eigenvalue weighted by molar-refractivity contribution is 9.10. The largest absolute Gasteiger partial charge is 0.308 e. The van der Waals surface area contributed by atoms with E-state index in [1.54, 1.807) is 0 Å². The molecule has 1 heterocycles. The predicted octanol–water partition coefficient (Wildman–Crippen LogP) is 3.25. The van der Waals surface area contributed by atoms with E-state index in [1.165, 1.54) is 25.0 Å². The van der Waals surface area contributed by atoms with Gasteiger partial charge in [-0.05, 0) is 55.5 Å². The molecule has 1 unspecified atom stereocenters. The van der Waals surface area contributed by atoms with E-state index >= 15 is 0 Å². The van der Waals surface area contributed by atoms with Crippen molar-refractivity contribution in [3.8, 4) is 0 Å². The molecule has 0 aliphatic heterocycles. The highest BCUT2D eigenvalue weighted by Gasteiger charge is 2.24. The van der Waals surface area contributed by atoms with Crippen molar-refractivity contribution in [2.45, 2.75) is 59.2 Å². The van der Waals surface area contributed by atoms with Gasteiger partial charge in [-0.25, -0.2) is 0 Å². The van der Waals surface area contributed by atoms with Gasteiger partial charge in [-0.1, -0.05) is 6.42 Å². The molecule has 1 aliphatic carbocycles. The Balaban J connectivity index is 1.97. The molecule has 0 amide bonds. The lowest BCUT2D eigenvalue weighted by molar-refractivity contribution is 0.238. The predicted molar refractivity (Wildman–Crippen MR) is 74.0 cm³/mol. The molecule has 0 bridgehead atoms. The number of aryl methyl sites for hydroxylation is 2. The van der Waals surface area contributed by atoms with Gasteiger partial charge in [0.05, 0.1) is 15.9 Å². The second kappa shape index (κ2) is 5.53. The summed E-state index contributed by atoms with van der Waals surface area (Å²) >= 11 is 3.64. The quantitative estimate of drug-likeness (QED) is 0.904. The van der Waals surface area contributed by atoms with Crippen LogP contribution in [-0.4, -0.2) is 15.8 Å². The summed E-state index contributed by atoms with van der Waals surface area (Å²) in [5.41, 5.74) is 2.36. The maximum absolute atomic E-state index is 4.52. The molecular formula is C13H22BrN3. The van der Waals surface area contributed by atoms with Crippen LogP contribution in [-0.2, 0) is 13.1 Å². The maximum Gasteiger partial charge on any atom is 0.0739 e. The Morgan fingerprint density at radius 1 is 1.53 bits per heavy atom. The summed E-state index contributed by atoms with van der Waals surface area (Å²) in [5.74, 6) is 0.882. The Morgan fingerprint density at radius 2 is 2.24 bits per heavy atom. The van der Waals surface area contributed by atoms with Crippen LogP contribution in [0.25, 0.3) is 0 Å². The average Bonchev–Trinajstić information content (AvgIpc) is 2.50. The molecule has 96 valence electrons. The van der Waals surface area contributed by atoms with Crippen LogP contribution < -0.4 is 5.32 Å². The van der Waals surface area contributed by atoms with E-state index in [4.69, 9.17) is 0 Å². The third kappa shape index (κ3) is 2.74. The first kappa shape index (κ1) is 13.1. The second-order valence-corrected chi connectivity index (χ2v) is 5.82. The first-order valence-corrected chi connectivity index (χ1v) is 7.38. The Hall–Kier alpha value is -0.350. The van der Waals surface area contributed by atoms with Gasteiger partial charge in [0.2, 0.25) is 0 Å². The van der Waals surface area contributed by atoms with Gasteiger partial charge < -0.3 is 5.32 Å². The van der Waals surface area contributed by atoms with Crippen molar-refractivity contribution in [3.05, 3.63) is 15.9 Å². The number of halogens is 1. The lowest BCUT2D eigenvalue weighted by atomic mass is 9.80. The Bertz CT molecular complexity index is 382. The topological polar surface area (TPSA) is 29.9 Å². The van der Waals surface area contributed by atoms with Gasteiger partial charge in [-0.3, -0.25) is 4.68 Å². The molecular weight excluding hydrogens is 278 g/mol. The first-order valence-electron chi connectivity index (χ1n) is 6.58. The van der Waals surface area contributed by atoms with Crippen molar-refractivity contribution >= 4 is 15.9 Å². The summed E-state index contributed by atoms with van der Waals surface area (Å²) in [6, 6.07) is 0.621. The minimum atomic E-state index is 0.621. The summed E-state index contributed by atoms with van der Waals surface area (Å²) in [7, 11) is 0. The molecule has 0 aromatic carbocycles. The molecule has 4 heteroatoms. The third-order valence-corrected chi connectivity index (χ3v) is 4.93. The lowest BCUT2D eigenvalue weighted by Crippen LogP contribution is -2.37. The van der Waals surface area contributed by atoms with Gasteiger partial charge in [0.15, 0.2) is 0 Å². The van der Waals surface area contributed by atoms with Crippen LogP contribution in [0, 0.1) is 12.8 Å². The minimum Gasteiger partial charge on any atom is -0.308 e. The van der Waals surface area contributed by atoms with Crippen LogP contribution in [0.2, 0.25) is 0 Å². The molecule has 1 atom stereocenters. The van der Waals surface area contributed by atoms with Gasteiger partial charge in [0.25, 0.3) is 0 Å². The first-order chi connectivity index (χ1) is 8.13. The monoisotopic (exact) mass is 299 g/mol. The molecule has 1 N–H and O–H groups in total. The van der Waals surface area contributed by atoms with Gasteiger partial charge >= 0.3 is 0 Å². The van der Waals surface area contributed by atoms with Crippen molar-refractivity contribution in [1.82, 2.24) is 15.1 Å². The van der Waals surface area contributed by atoms with Crippen molar-refractivity contribution in [2.24, 2.45) is 5.92 Å². The van der Waals surface area contributed by atoms with Gasteiger partial charge in [-0.2, -0.15) is 5.10 Å². The Kier molecular flexibility index (Phi) is 4.26. The van der Waals surface area contributed by atoms with E-state index in [9.17, 15) is 0 Å². The van der Waals surface area contributed by atoms with Crippen molar-refractivity contribution in [1.29, 1.82) is 0 Å². The molecule has 1 saturated carbocycles. The van der Waals surface area contributed by atoms with E-state index in [0.29, 0.717) is 6.04 Å². The molecule has 0 radical (unpaired) electrons. The maximum atomic E-state index is 4.52. The van der Waals surface area contributed by atoms with Crippen molar-refractivity contribution in [3.63, 3.8) is 0 Å². The Morgan fingerprint density at radius 3 is 2.76 bits per heavy atom. The average molecular weight is 300 g/mol. The summed E-state index contributed by atoms with van der Waals surface area (Å²) < 4.78 is 3.24. The van der Waals surface area contributed by atoms with Gasteiger partial charge in [0, 0.05) is 19.1 Å². The molecule has 1 aromatic rings. The van der Waals surface area contributed by atoms with Crippen LogP contribution in [0.4, 0.5) is 0 Å². The second-order valence-electron chi connectivity index (χ2n) is 5.02. The minimum absolute atomic E-state index is 0.621. The zero-order valence-corrected chi connectivity index (χ0v) is 12.5. The summed E-state index contributed by atoms with van der Waals surface area (Å²) in [6.07, 6.45) is 4.19. The zero-order valence-electron chi connectivity index (χ0n) is 11.0. The number of aromatic nitrogens is 2. The van der Waals surface area contributed by atoms with E-state index in [1.807, 2.05) is 0 Å². The van der Waals surface area contributed by atoms with E-state index in [2.05, 4.69) is 51.8 Å². The normalized spacial score (nSPS) is 18.1. The van der Waals surface area contributed by atoms with Crippen LogP contribution in [0.1, 0.15) is 44.5 Å². The van der Waals surface area contributed by atoms with Crippen LogP contribution >= 0.6 is 15.9 Å². The summed E-state index contributed by atoms with van der Waals surface area (Å²) in [5, 5.41) is 8.15. The van der Waals surface area contributed by atoms with E-state index in [0.717, 1.165) is 29.2 Å². The Labute approximate surface area is 112 Å². The fourth-order valence-electron chi connectivity index (χ4n) is 2.40. The summed E-state index contributed by atoms with van der Waals surface area (Å²) in [4.78, 5) is 0. The molecule has 0 spiro atoms. The number of hydrogen-bond acceptors (Lipinski definition) is 2. The van der Waals surface area contributed by atoms with Crippen LogP contribution in [0.3, 0.4) is 0 Å². The molecule has 1 fully saturated rings. The summed E-state index contributed by atoms with van der Waals surface area (Å²) in [6.45, 7) is 8.33. The molecule has 2 rings (SSSR count). The smallest absolute Gasteiger partial charge is 0.0739 e. The van der Waals surface area contributed by atoms with Gasteiger partial charge in [-0.15, -0.1) is 0 Å². The molecule has 1 aliphatic rings. The highest BCUT2D eigenvalue weighted by Crippen LogP contribution is 2.29. The number of nitrogens with one attached hydrogen (secondary N) is 1. The van der Waals surface area contributed by atoms with Gasteiger partial charge in [0.1, 0.15) is 0 Å². The number of nitrogens with zero attached hydrogens (tertiary/aromatic N) is 2. The standard InChI is InChI=1S/C13H22BrN3/c1-4-17-12(13(14)10(3)16-17)8-15-9(2)11-6-5-7-11/h9,11,15H,4-8H2,1-3H3. The van der Waals surface area contributed by atoms with Crippen molar-refractivity contribution < 1.29 is 0 Å². The number of hydrogen-bond donors (Lipinski definition) is 1. The molecule has 1 aromatic heterocycles. The van der Waals surface area contributed by atoms with Crippen molar-refractivity contribution in [2.75, 3.05) is 0 Å². The van der Waals surface area contributed by atoms with Crippen LogP contribution in [0.5, 0.6) is 0 Å². The molecule has 0 saturated heterocycles. The lowest BCUT2D eigenvalue weighted by Gasteiger charge is -2.32. The fraction of sp³-hybridized carbons (Fsp3) is 0.769. The highest BCUT2D eigenvalue weighted by atomic mass is 79.9.